The van der Waals surface area contributed by atoms with Gasteiger partial charge in [-0.25, -0.2) is 4.79 Å². The number of nitrogens with one attached hydrogen (secondary N) is 2. The van der Waals surface area contributed by atoms with Crippen LogP contribution in [0.25, 0.3) is 0 Å². The van der Waals surface area contributed by atoms with Crippen molar-refractivity contribution in [2.24, 2.45) is 0 Å². The summed E-state index contributed by atoms with van der Waals surface area (Å²) in [7, 11) is 0. The van der Waals surface area contributed by atoms with E-state index in [2.05, 4.69) is 23.3 Å². The molecule has 1 aromatic heterocycles. The van der Waals surface area contributed by atoms with Crippen LogP contribution in [0, 0.1) is 18.3 Å². The van der Waals surface area contributed by atoms with E-state index in [1.54, 1.807) is 6.92 Å². The summed E-state index contributed by atoms with van der Waals surface area (Å²) >= 11 is 2.69. The number of esters is 1. The lowest BCUT2D eigenvalue weighted by Gasteiger charge is -2.28. The molecule has 0 fully saturated rings. The summed E-state index contributed by atoms with van der Waals surface area (Å²) in [6.45, 7) is 7.41. The van der Waals surface area contributed by atoms with Gasteiger partial charge in [0.1, 0.15) is 6.61 Å². The summed E-state index contributed by atoms with van der Waals surface area (Å²) in [5, 5.41) is 18.4. The van der Waals surface area contributed by atoms with Crippen molar-refractivity contribution in [2.45, 2.75) is 19.8 Å². The Bertz CT molecular complexity index is 1110. The zero-order valence-electron chi connectivity index (χ0n) is 17.8. The molecule has 1 unspecified atom stereocenters. The summed E-state index contributed by atoms with van der Waals surface area (Å²) < 4.78 is 5.28. The third-order valence-electron chi connectivity index (χ3n) is 4.71. The number of allylic oxidation sites excluding steroid dienone is 2. The van der Waals surface area contributed by atoms with Crippen LogP contribution in [0.1, 0.15) is 23.3 Å². The van der Waals surface area contributed by atoms with Crippen molar-refractivity contribution < 1.29 is 14.3 Å². The van der Waals surface area contributed by atoms with Crippen LogP contribution in [0.15, 0.2) is 76.3 Å². The first kappa shape index (κ1) is 23.4. The molecule has 0 bridgehead atoms. The topological polar surface area (TPSA) is 91.2 Å². The highest BCUT2D eigenvalue weighted by atomic mass is 32.2. The molecule has 2 N–H and O–H groups in total. The van der Waals surface area contributed by atoms with Gasteiger partial charge in [-0.05, 0) is 37.4 Å². The third-order valence-corrected chi connectivity index (χ3v) is 6.66. The van der Waals surface area contributed by atoms with Gasteiger partial charge in [-0.2, -0.15) is 5.26 Å². The molecule has 8 heteroatoms. The van der Waals surface area contributed by atoms with Gasteiger partial charge in [0.05, 0.1) is 33.9 Å². The van der Waals surface area contributed by atoms with Crippen molar-refractivity contribution in [1.82, 2.24) is 5.32 Å². The number of hydrogen-bond donors (Lipinski definition) is 2. The van der Waals surface area contributed by atoms with Crippen LogP contribution >= 0.6 is 23.1 Å². The lowest BCUT2D eigenvalue weighted by Crippen LogP contribution is -2.29. The van der Waals surface area contributed by atoms with E-state index in [0.29, 0.717) is 27.6 Å². The van der Waals surface area contributed by atoms with E-state index in [-0.39, 0.29) is 18.3 Å². The van der Waals surface area contributed by atoms with Crippen LogP contribution < -0.4 is 10.6 Å². The second kappa shape index (κ2) is 10.8. The number of carbonyl (C=O) groups excluding carboxylic acids is 2. The summed E-state index contributed by atoms with van der Waals surface area (Å²) in [5.74, 6) is -1.12. The fourth-order valence-electron chi connectivity index (χ4n) is 3.22. The first-order valence-electron chi connectivity index (χ1n) is 9.87. The molecule has 2 aromatic rings. The number of amides is 1. The van der Waals surface area contributed by atoms with Crippen molar-refractivity contribution in [1.29, 1.82) is 5.26 Å². The summed E-state index contributed by atoms with van der Waals surface area (Å²) in [6, 6.07) is 13.5. The van der Waals surface area contributed by atoms with Gasteiger partial charge in [0.2, 0.25) is 5.91 Å². The Morgan fingerprint density at radius 3 is 2.69 bits per heavy atom. The molecular formula is C24H23N3O3S2. The highest BCUT2D eigenvalue weighted by Gasteiger charge is 2.36. The summed E-state index contributed by atoms with van der Waals surface area (Å²) in [6.07, 6.45) is 1.50. The van der Waals surface area contributed by atoms with E-state index in [9.17, 15) is 14.9 Å². The number of thioether (sulfide) groups is 1. The standard InChI is InChI=1S/C24H23N3O3S2/c1-4-11-30-24(29)21-16(3)26-23(18(13-25)22(21)19-6-5-12-31-19)32-14-20(28)27-17-9-7-15(2)8-10-17/h4-10,12,22,26H,1,11,14H2,2-3H3,(H,27,28). The number of nitriles is 1. The van der Waals surface area contributed by atoms with Crippen LogP contribution in [0.5, 0.6) is 0 Å². The van der Waals surface area contributed by atoms with Crippen LogP contribution in [-0.2, 0) is 14.3 Å². The minimum Gasteiger partial charge on any atom is -0.458 e. The third kappa shape index (κ3) is 5.49. The van der Waals surface area contributed by atoms with E-state index in [4.69, 9.17) is 4.74 Å². The molecule has 0 radical (unpaired) electrons. The molecule has 1 aliphatic heterocycles. The molecule has 1 aromatic carbocycles. The molecule has 0 aliphatic carbocycles. The fourth-order valence-corrected chi connectivity index (χ4v) is 4.96. The number of nitrogens with zero attached hydrogens (tertiary/aromatic N) is 1. The van der Waals surface area contributed by atoms with E-state index in [1.807, 2.05) is 48.7 Å². The number of aryl methyl sites for hydroxylation is 1. The van der Waals surface area contributed by atoms with Crippen LogP contribution in [-0.4, -0.2) is 24.2 Å². The molecule has 2 heterocycles. The van der Waals surface area contributed by atoms with Crippen molar-refractivity contribution in [3.63, 3.8) is 0 Å². The Morgan fingerprint density at radius 2 is 2.06 bits per heavy atom. The Morgan fingerprint density at radius 1 is 1.31 bits per heavy atom. The van der Waals surface area contributed by atoms with Crippen molar-refractivity contribution in [3.8, 4) is 6.07 Å². The zero-order chi connectivity index (χ0) is 23.1. The van der Waals surface area contributed by atoms with Gasteiger partial charge in [0, 0.05) is 16.3 Å². The average molecular weight is 466 g/mol. The Labute approximate surface area is 195 Å². The molecule has 1 amide bonds. The first-order valence-corrected chi connectivity index (χ1v) is 11.7. The van der Waals surface area contributed by atoms with E-state index >= 15 is 0 Å². The Balaban J connectivity index is 1.83. The SMILES string of the molecule is C=CCOC(=O)C1=C(C)NC(SCC(=O)Nc2ccc(C)cc2)=C(C#N)C1c1cccs1. The maximum atomic E-state index is 12.8. The van der Waals surface area contributed by atoms with Crippen LogP contribution in [0.4, 0.5) is 5.69 Å². The number of hydrogen-bond acceptors (Lipinski definition) is 7. The number of rotatable bonds is 8. The smallest absolute Gasteiger partial charge is 0.337 e. The van der Waals surface area contributed by atoms with Crippen molar-refractivity contribution in [3.05, 3.63) is 86.7 Å². The van der Waals surface area contributed by atoms with E-state index in [0.717, 1.165) is 10.4 Å². The first-order chi connectivity index (χ1) is 15.4. The lowest BCUT2D eigenvalue weighted by atomic mass is 9.87. The van der Waals surface area contributed by atoms with Crippen molar-refractivity contribution in [2.75, 3.05) is 17.7 Å². The maximum Gasteiger partial charge on any atom is 0.337 e. The molecule has 0 spiro atoms. The molecule has 1 atom stereocenters. The minimum absolute atomic E-state index is 0.0825. The number of thiophene rings is 1. The van der Waals surface area contributed by atoms with Gasteiger partial charge in [-0.1, -0.05) is 48.2 Å². The van der Waals surface area contributed by atoms with Gasteiger partial charge in [0.15, 0.2) is 0 Å². The van der Waals surface area contributed by atoms with E-state index in [1.165, 1.54) is 29.2 Å². The monoisotopic (exact) mass is 465 g/mol. The fraction of sp³-hybridized carbons (Fsp3) is 0.208. The number of dihydropyridines is 1. The maximum absolute atomic E-state index is 12.8. The summed E-state index contributed by atoms with van der Waals surface area (Å²) in [4.78, 5) is 26.1. The Hall–Kier alpha value is -3.28. The molecule has 0 saturated carbocycles. The second-order valence-electron chi connectivity index (χ2n) is 7.06. The molecule has 164 valence electrons. The minimum atomic E-state index is -0.554. The van der Waals surface area contributed by atoms with Gasteiger partial charge in [-0.15, -0.1) is 11.3 Å². The predicted octanol–water partition coefficient (Wildman–Crippen LogP) is 4.85. The molecule has 6 nitrogen and oxygen atoms in total. The number of anilines is 1. The number of benzene rings is 1. The Kier molecular flexibility index (Phi) is 7.92. The predicted molar refractivity (Wildman–Crippen MR) is 129 cm³/mol. The molecule has 3 rings (SSSR count). The van der Waals surface area contributed by atoms with Gasteiger partial charge < -0.3 is 15.4 Å². The molecular weight excluding hydrogens is 442 g/mol. The highest BCUT2D eigenvalue weighted by molar-refractivity contribution is 8.03. The highest BCUT2D eigenvalue weighted by Crippen LogP contribution is 2.42. The van der Waals surface area contributed by atoms with Crippen molar-refractivity contribution >= 4 is 40.7 Å². The lowest BCUT2D eigenvalue weighted by molar-refractivity contribution is -0.138. The number of ether oxygens (including phenoxy) is 1. The average Bonchev–Trinajstić information content (AvgIpc) is 3.31. The molecule has 32 heavy (non-hydrogen) atoms. The number of carbonyl (C=O) groups is 2. The quantitative estimate of drug-likeness (QED) is 0.428. The molecule has 0 saturated heterocycles. The van der Waals surface area contributed by atoms with Crippen LogP contribution in [0.3, 0.4) is 0 Å². The van der Waals surface area contributed by atoms with Crippen LogP contribution in [0.2, 0.25) is 0 Å². The van der Waals surface area contributed by atoms with Gasteiger partial charge >= 0.3 is 5.97 Å². The normalized spacial score (nSPS) is 15.6. The zero-order valence-corrected chi connectivity index (χ0v) is 19.4. The second-order valence-corrected chi connectivity index (χ2v) is 9.02. The van der Waals surface area contributed by atoms with Gasteiger partial charge in [0.25, 0.3) is 0 Å². The summed E-state index contributed by atoms with van der Waals surface area (Å²) in [5.41, 5.74) is 3.19. The van der Waals surface area contributed by atoms with Gasteiger partial charge in [-0.3, -0.25) is 4.79 Å². The largest absolute Gasteiger partial charge is 0.458 e. The molecule has 1 aliphatic rings. The van der Waals surface area contributed by atoms with E-state index < -0.39 is 11.9 Å².